The van der Waals surface area contributed by atoms with Crippen molar-refractivity contribution in [2.75, 3.05) is 17.8 Å². The van der Waals surface area contributed by atoms with Gasteiger partial charge in [0.25, 0.3) is 0 Å². The molecule has 1 unspecified atom stereocenters. The van der Waals surface area contributed by atoms with Crippen LogP contribution in [0.3, 0.4) is 0 Å². The lowest BCUT2D eigenvalue weighted by atomic mass is 10.2. The van der Waals surface area contributed by atoms with Crippen LogP contribution in [0.15, 0.2) is 0 Å². The van der Waals surface area contributed by atoms with Crippen LogP contribution < -0.4 is 5.73 Å². The Balaban J connectivity index is 2.04. The predicted molar refractivity (Wildman–Crippen MR) is 71.6 cm³/mol. The zero-order valence-electron chi connectivity index (χ0n) is 10.0. The summed E-state index contributed by atoms with van der Waals surface area (Å²) in [7, 11) is -2.81. The van der Waals surface area contributed by atoms with Gasteiger partial charge in [0.2, 0.25) is 0 Å². The van der Waals surface area contributed by atoms with E-state index in [1.807, 2.05) is 11.8 Å². The van der Waals surface area contributed by atoms with Crippen LogP contribution in [0, 0.1) is 0 Å². The maximum atomic E-state index is 10.9. The van der Waals surface area contributed by atoms with E-state index in [2.05, 4.69) is 0 Å². The molecule has 1 atom stereocenters. The highest BCUT2D eigenvalue weighted by Gasteiger charge is 2.16. The molecular weight excluding hydrogens is 242 g/mol. The smallest absolute Gasteiger partial charge is 0.147 e. The molecular formula is C11H23NO2S2. The van der Waals surface area contributed by atoms with E-state index < -0.39 is 9.84 Å². The molecule has 0 aliphatic heterocycles. The molecule has 1 rings (SSSR count). The lowest BCUT2D eigenvalue weighted by molar-refractivity contribution is 0.591. The predicted octanol–water partition coefficient (Wildman–Crippen LogP) is 1.81. The minimum Gasteiger partial charge on any atom is -0.327 e. The minimum absolute atomic E-state index is 0.160. The molecule has 16 heavy (non-hydrogen) atoms. The van der Waals surface area contributed by atoms with Gasteiger partial charge in [0.05, 0.1) is 0 Å². The Bertz CT molecular complexity index is 284. The van der Waals surface area contributed by atoms with E-state index in [-0.39, 0.29) is 11.8 Å². The number of hydrogen-bond donors (Lipinski definition) is 1. The lowest BCUT2D eigenvalue weighted by Crippen LogP contribution is -2.24. The maximum absolute atomic E-state index is 10.9. The van der Waals surface area contributed by atoms with Crippen molar-refractivity contribution in [3.05, 3.63) is 0 Å². The van der Waals surface area contributed by atoms with Gasteiger partial charge in [-0.05, 0) is 25.7 Å². The highest BCUT2D eigenvalue weighted by Crippen LogP contribution is 2.29. The highest BCUT2D eigenvalue weighted by atomic mass is 32.2. The van der Waals surface area contributed by atoms with Gasteiger partial charge in [0, 0.05) is 29.1 Å². The maximum Gasteiger partial charge on any atom is 0.147 e. The molecule has 0 aromatic carbocycles. The van der Waals surface area contributed by atoms with Gasteiger partial charge in [-0.1, -0.05) is 12.8 Å². The van der Waals surface area contributed by atoms with Gasteiger partial charge >= 0.3 is 0 Å². The summed E-state index contributed by atoms with van der Waals surface area (Å²) >= 11 is 1.98. The van der Waals surface area contributed by atoms with Crippen LogP contribution >= 0.6 is 11.8 Å². The van der Waals surface area contributed by atoms with Crippen LogP contribution in [0.25, 0.3) is 0 Å². The second-order valence-electron chi connectivity index (χ2n) is 4.77. The Morgan fingerprint density at radius 3 is 2.56 bits per heavy atom. The van der Waals surface area contributed by atoms with E-state index in [1.54, 1.807) is 0 Å². The van der Waals surface area contributed by atoms with Gasteiger partial charge < -0.3 is 5.73 Å². The van der Waals surface area contributed by atoms with Crippen LogP contribution in [0.1, 0.15) is 38.5 Å². The largest absolute Gasteiger partial charge is 0.327 e. The minimum atomic E-state index is -2.81. The molecule has 96 valence electrons. The molecule has 5 heteroatoms. The van der Waals surface area contributed by atoms with Crippen LogP contribution in [-0.2, 0) is 9.84 Å². The lowest BCUT2D eigenvalue weighted by Gasteiger charge is -2.14. The van der Waals surface area contributed by atoms with Crippen molar-refractivity contribution in [3.63, 3.8) is 0 Å². The van der Waals surface area contributed by atoms with Gasteiger partial charge in [-0.2, -0.15) is 11.8 Å². The van der Waals surface area contributed by atoms with E-state index in [0.29, 0.717) is 6.42 Å². The van der Waals surface area contributed by atoms with Gasteiger partial charge in [-0.25, -0.2) is 8.42 Å². The van der Waals surface area contributed by atoms with Crippen molar-refractivity contribution in [1.29, 1.82) is 0 Å². The highest BCUT2D eigenvalue weighted by molar-refractivity contribution is 7.99. The van der Waals surface area contributed by atoms with Gasteiger partial charge in [0.1, 0.15) is 9.84 Å². The first-order valence-corrected chi connectivity index (χ1v) is 9.13. The van der Waals surface area contributed by atoms with E-state index >= 15 is 0 Å². The van der Waals surface area contributed by atoms with E-state index in [1.165, 1.54) is 31.9 Å². The first-order chi connectivity index (χ1) is 7.47. The topological polar surface area (TPSA) is 60.2 Å². The summed E-state index contributed by atoms with van der Waals surface area (Å²) < 4.78 is 21.9. The molecule has 0 aromatic rings. The number of hydrogen-bond acceptors (Lipinski definition) is 4. The SMILES string of the molecule is CS(=O)(=O)CCCC(N)CSC1CCCC1. The normalized spacial score (nSPS) is 20.1. The molecule has 0 aromatic heterocycles. The molecule has 0 radical (unpaired) electrons. The second-order valence-corrected chi connectivity index (χ2v) is 8.37. The number of rotatable bonds is 7. The van der Waals surface area contributed by atoms with Gasteiger partial charge in [0.15, 0.2) is 0 Å². The van der Waals surface area contributed by atoms with Gasteiger partial charge in [-0.15, -0.1) is 0 Å². The first-order valence-electron chi connectivity index (χ1n) is 6.02. The summed E-state index contributed by atoms with van der Waals surface area (Å²) in [5.41, 5.74) is 5.97. The molecule has 1 aliphatic rings. The van der Waals surface area contributed by atoms with Crippen molar-refractivity contribution in [1.82, 2.24) is 0 Å². The van der Waals surface area contributed by atoms with Crippen LogP contribution in [0.4, 0.5) is 0 Å². The Morgan fingerprint density at radius 1 is 1.38 bits per heavy atom. The number of sulfone groups is 1. The van der Waals surface area contributed by atoms with Crippen molar-refractivity contribution in [2.24, 2.45) is 5.73 Å². The van der Waals surface area contributed by atoms with Crippen molar-refractivity contribution in [3.8, 4) is 0 Å². The van der Waals surface area contributed by atoms with Crippen LogP contribution in [0.2, 0.25) is 0 Å². The van der Waals surface area contributed by atoms with Crippen LogP contribution in [0.5, 0.6) is 0 Å². The third-order valence-corrected chi connectivity index (χ3v) is 5.53. The fourth-order valence-corrected chi connectivity index (χ4v) is 4.05. The first kappa shape index (κ1) is 14.3. The average Bonchev–Trinajstić information content (AvgIpc) is 2.65. The zero-order chi connectivity index (χ0) is 12.0. The number of thioether (sulfide) groups is 1. The molecule has 0 saturated heterocycles. The van der Waals surface area contributed by atoms with Gasteiger partial charge in [-0.3, -0.25) is 0 Å². The number of nitrogens with two attached hydrogens (primary N) is 1. The summed E-state index contributed by atoms with van der Waals surface area (Å²) in [4.78, 5) is 0. The van der Waals surface area contributed by atoms with Crippen molar-refractivity contribution >= 4 is 21.6 Å². The molecule has 1 aliphatic carbocycles. The molecule has 1 saturated carbocycles. The molecule has 2 N–H and O–H groups in total. The molecule has 0 amide bonds. The van der Waals surface area contributed by atoms with E-state index in [9.17, 15) is 8.42 Å². The van der Waals surface area contributed by atoms with E-state index in [4.69, 9.17) is 5.73 Å². The summed E-state index contributed by atoms with van der Waals surface area (Å²) in [5.74, 6) is 1.25. The summed E-state index contributed by atoms with van der Waals surface area (Å²) in [6.07, 6.45) is 8.20. The second kappa shape index (κ2) is 6.87. The monoisotopic (exact) mass is 265 g/mol. The molecule has 0 spiro atoms. The summed E-state index contributed by atoms with van der Waals surface area (Å²) in [5, 5.41) is 0.806. The average molecular weight is 265 g/mol. The fraction of sp³-hybridized carbons (Fsp3) is 1.00. The summed E-state index contributed by atoms with van der Waals surface area (Å²) in [6.45, 7) is 0. The Labute approximate surface area is 103 Å². The zero-order valence-corrected chi connectivity index (χ0v) is 11.7. The summed E-state index contributed by atoms with van der Waals surface area (Å²) in [6, 6.07) is 0.160. The Hall–Kier alpha value is 0.260. The Morgan fingerprint density at radius 2 is 2.00 bits per heavy atom. The van der Waals surface area contributed by atoms with E-state index in [0.717, 1.165) is 17.4 Å². The molecule has 3 nitrogen and oxygen atoms in total. The molecule has 0 bridgehead atoms. The quantitative estimate of drug-likeness (QED) is 0.763. The Kier molecular flexibility index (Phi) is 6.15. The standard InChI is InChI=1S/C11H23NO2S2/c1-16(13,14)8-4-5-10(12)9-15-11-6-2-3-7-11/h10-11H,2-9,12H2,1H3. The van der Waals surface area contributed by atoms with Crippen LogP contribution in [-0.4, -0.2) is 37.5 Å². The molecule has 0 heterocycles. The molecule has 1 fully saturated rings. The van der Waals surface area contributed by atoms with Crippen molar-refractivity contribution < 1.29 is 8.42 Å². The van der Waals surface area contributed by atoms with Crippen molar-refractivity contribution in [2.45, 2.75) is 49.8 Å². The third-order valence-electron chi connectivity index (χ3n) is 2.94. The fourth-order valence-electron chi connectivity index (χ4n) is 2.01. The third kappa shape index (κ3) is 6.76.